The summed E-state index contributed by atoms with van der Waals surface area (Å²) in [4.78, 5) is 0. The largest absolute Gasteiger partial charge is 0.0625 e. The van der Waals surface area contributed by atoms with Gasteiger partial charge in [0.15, 0.2) is 0 Å². The monoisotopic (exact) mass is 168 g/mol. The summed E-state index contributed by atoms with van der Waals surface area (Å²) in [7, 11) is 0. The molecule has 1 atom stereocenters. The number of hydrogen-bond donors (Lipinski definition) is 0. The van der Waals surface area contributed by atoms with Crippen molar-refractivity contribution in [1.82, 2.24) is 0 Å². The topological polar surface area (TPSA) is 0 Å². The van der Waals surface area contributed by atoms with E-state index in [1.165, 1.54) is 25.7 Å². The third-order valence-corrected chi connectivity index (χ3v) is 3.64. The molecule has 1 rings (SSSR count). The highest BCUT2D eigenvalue weighted by Crippen LogP contribution is 2.37. The molecule has 0 amide bonds. The van der Waals surface area contributed by atoms with E-state index in [1.54, 1.807) is 0 Å². The van der Waals surface area contributed by atoms with Crippen molar-refractivity contribution in [2.24, 2.45) is 23.7 Å². The number of hydrogen-bond acceptors (Lipinski definition) is 0. The average Bonchev–Trinajstić information content (AvgIpc) is 1.95. The molecule has 0 radical (unpaired) electrons. The van der Waals surface area contributed by atoms with Crippen LogP contribution in [0.4, 0.5) is 0 Å². The van der Waals surface area contributed by atoms with E-state index in [0.29, 0.717) is 0 Å². The fourth-order valence-electron chi connectivity index (χ4n) is 2.14. The highest BCUT2D eigenvalue weighted by Gasteiger charge is 2.25. The van der Waals surface area contributed by atoms with E-state index in [2.05, 4.69) is 27.7 Å². The first kappa shape index (κ1) is 10.1. The fraction of sp³-hybridized carbons (Fsp3) is 1.00. The first-order valence-electron chi connectivity index (χ1n) is 5.59. The second-order valence-electron chi connectivity index (χ2n) is 5.24. The summed E-state index contributed by atoms with van der Waals surface area (Å²) in [5, 5.41) is 0. The van der Waals surface area contributed by atoms with Crippen molar-refractivity contribution < 1.29 is 0 Å². The van der Waals surface area contributed by atoms with E-state index in [4.69, 9.17) is 0 Å². The van der Waals surface area contributed by atoms with Crippen molar-refractivity contribution in [2.45, 2.75) is 53.4 Å². The molecule has 0 aromatic heterocycles. The van der Waals surface area contributed by atoms with Crippen LogP contribution in [0.3, 0.4) is 0 Å². The highest BCUT2D eigenvalue weighted by atomic mass is 14.3. The van der Waals surface area contributed by atoms with E-state index < -0.39 is 0 Å². The van der Waals surface area contributed by atoms with E-state index in [0.717, 1.165) is 23.7 Å². The molecular formula is C12H24. The Bertz CT molecular complexity index is 120. The Morgan fingerprint density at radius 2 is 1.75 bits per heavy atom. The van der Waals surface area contributed by atoms with Crippen LogP contribution in [-0.2, 0) is 0 Å². The Balaban J connectivity index is 2.02. The van der Waals surface area contributed by atoms with E-state index in [1.807, 2.05) is 0 Å². The second-order valence-corrected chi connectivity index (χ2v) is 5.24. The maximum atomic E-state index is 2.40. The lowest BCUT2D eigenvalue weighted by atomic mass is 9.72. The van der Waals surface area contributed by atoms with Gasteiger partial charge in [-0.25, -0.2) is 0 Å². The molecule has 1 aliphatic rings. The molecule has 0 heteroatoms. The number of rotatable bonds is 4. The highest BCUT2D eigenvalue weighted by molar-refractivity contribution is 4.76. The molecule has 1 fully saturated rings. The quantitative estimate of drug-likeness (QED) is 0.592. The fourth-order valence-corrected chi connectivity index (χ4v) is 2.14. The Labute approximate surface area is 77.7 Å². The molecular weight excluding hydrogens is 144 g/mol. The van der Waals surface area contributed by atoms with Crippen LogP contribution in [-0.4, -0.2) is 0 Å². The molecule has 0 N–H and O–H groups in total. The zero-order valence-corrected chi connectivity index (χ0v) is 9.14. The predicted molar refractivity (Wildman–Crippen MR) is 55.1 cm³/mol. The predicted octanol–water partition coefficient (Wildman–Crippen LogP) is 4.10. The molecule has 1 aliphatic carbocycles. The van der Waals surface area contributed by atoms with Gasteiger partial charge in [-0.3, -0.25) is 0 Å². The van der Waals surface area contributed by atoms with Gasteiger partial charge in [-0.05, 0) is 36.5 Å². The molecule has 1 unspecified atom stereocenters. The summed E-state index contributed by atoms with van der Waals surface area (Å²) in [6.07, 6.45) is 5.95. The van der Waals surface area contributed by atoms with E-state index >= 15 is 0 Å². The average molecular weight is 168 g/mol. The minimum Gasteiger partial charge on any atom is -0.0625 e. The summed E-state index contributed by atoms with van der Waals surface area (Å²) in [5.41, 5.74) is 0. The Kier molecular flexibility index (Phi) is 3.61. The smallest absolute Gasteiger partial charge is 0.0409 e. The third-order valence-electron chi connectivity index (χ3n) is 3.64. The van der Waals surface area contributed by atoms with Gasteiger partial charge in [0.05, 0.1) is 0 Å². The first-order chi connectivity index (χ1) is 5.59. The lowest BCUT2D eigenvalue weighted by Crippen LogP contribution is -2.21. The van der Waals surface area contributed by atoms with Gasteiger partial charge in [0.2, 0.25) is 0 Å². The van der Waals surface area contributed by atoms with Crippen molar-refractivity contribution in [3.05, 3.63) is 0 Å². The molecule has 0 saturated heterocycles. The van der Waals surface area contributed by atoms with Gasteiger partial charge in [-0.15, -0.1) is 0 Å². The molecule has 72 valence electrons. The lowest BCUT2D eigenvalue weighted by Gasteiger charge is -2.33. The van der Waals surface area contributed by atoms with Crippen LogP contribution < -0.4 is 0 Å². The van der Waals surface area contributed by atoms with Gasteiger partial charge in [-0.2, -0.15) is 0 Å². The van der Waals surface area contributed by atoms with Gasteiger partial charge in [0.1, 0.15) is 0 Å². The van der Waals surface area contributed by atoms with Gasteiger partial charge >= 0.3 is 0 Å². The molecule has 0 nitrogen and oxygen atoms in total. The Morgan fingerprint density at radius 1 is 1.17 bits per heavy atom. The maximum absolute atomic E-state index is 2.40. The normalized spacial score (nSPS) is 31.8. The standard InChI is InChI=1S/C12H24/c1-9(2)11(4)5-6-12-7-10(3)8-12/h9-12H,5-8H2,1-4H3. The maximum Gasteiger partial charge on any atom is -0.0409 e. The molecule has 1 saturated carbocycles. The zero-order valence-electron chi connectivity index (χ0n) is 9.14. The molecule has 12 heavy (non-hydrogen) atoms. The molecule has 0 bridgehead atoms. The van der Waals surface area contributed by atoms with Crippen LogP contribution >= 0.6 is 0 Å². The molecule has 0 heterocycles. The summed E-state index contributed by atoms with van der Waals surface area (Å²) in [6.45, 7) is 9.46. The summed E-state index contributed by atoms with van der Waals surface area (Å²) < 4.78 is 0. The molecule has 0 aliphatic heterocycles. The lowest BCUT2D eigenvalue weighted by molar-refractivity contribution is 0.182. The van der Waals surface area contributed by atoms with Crippen LogP contribution in [0.15, 0.2) is 0 Å². The van der Waals surface area contributed by atoms with Crippen LogP contribution in [0.25, 0.3) is 0 Å². The third kappa shape index (κ3) is 2.80. The van der Waals surface area contributed by atoms with Gasteiger partial charge in [-0.1, -0.05) is 40.5 Å². The SMILES string of the molecule is CC1CC(CCC(C)C(C)C)C1. The van der Waals surface area contributed by atoms with Gasteiger partial charge < -0.3 is 0 Å². The van der Waals surface area contributed by atoms with Crippen LogP contribution in [0.5, 0.6) is 0 Å². The van der Waals surface area contributed by atoms with Crippen molar-refractivity contribution in [3.8, 4) is 0 Å². The van der Waals surface area contributed by atoms with E-state index in [-0.39, 0.29) is 0 Å². The van der Waals surface area contributed by atoms with Gasteiger partial charge in [0, 0.05) is 0 Å². The van der Waals surface area contributed by atoms with E-state index in [9.17, 15) is 0 Å². The first-order valence-corrected chi connectivity index (χ1v) is 5.59. The van der Waals surface area contributed by atoms with Crippen molar-refractivity contribution >= 4 is 0 Å². The van der Waals surface area contributed by atoms with Crippen molar-refractivity contribution in [1.29, 1.82) is 0 Å². The van der Waals surface area contributed by atoms with Crippen molar-refractivity contribution in [3.63, 3.8) is 0 Å². The zero-order chi connectivity index (χ0) is 9.14. The Hall–Kier alpha value is 0. The molecule has 0 spiro atoms. The van der Waals surface area contributed by atoms with Crippen LogP contribution in [0.2, 0.25) is 0 Å². The van der Waals surface area contributed by atoms with Gasteiger partial charge in [0.25, 0.3) is 0 Å². The van der Waals surface area contributed by atoms with Crippen LogP contribution in [0, 0.1) is 23.7 Å². The molecule has 0 aromatic rings. The minimum atomic E-state index is 0.877. The molecule has 0 aromatic carbocycles. The summed E-state index contributed by atoms with van der Waals surface area (Å²) >= 11 is 0. The second kappa shape index (κ2) is 4.30. The summed E-state index contributed by atoms with van der Waals surface area (Å²) in [5.74, 6) is 3.92. The van der Waals surface area contributed by atoms with Crippen LogP contribution in [0.1, 0.15) is 53.4 Å². The Morgan fingerprint density at radius 3 is 2.17 bits per heavy atom. The van der Waals surface area contributed by atoms with Crippen molar-refractivity contribution in [2.75, 3.05) is 0 Å². The summed E-state index contributed by atoms with van der Waals surface area (Å²) in [6, 6.07) is 0. The minimum absolute atomic E-state index is 0.877.